The molecule has 0 saturated carbocycles. The largest absolute Gasteiger partial charge is 0.508 e. The molecule has 1 saturated heterocycles. The number of hydrogen-bond donors (Lipinski definition) is 1. The monoisotopic (exact) mass is 280 g/mol. The summed E-state index contributed by atoms with van der Waals surface area (Å²) in [5.74, 6) is -0.101. The van der Waals surface area contributed by atoms with Gasteiger partial charge in [-0.1, -0.05) is 6.92 Å². The molecule has 0 radical (unpaired) electrons. The number of nitrogens with zero attached hydrogens (tertiary/aromatic N) is 2. The molecule has 1 N–H and O–H groups in total. The van der Waals surface area contributed by atoms with Crippen LogP contribution in [0.25, 0.3) is 0 Å². The van der Waals surface area contributed by atoms with E-state index in [2.05, 4.69) is 30.7 Å². The molecule has 0 amide bonds. The van der Waals surface area contributed by atoms with Gasteiger partial charge in [-0.05, 0) is 51.6 Å². The molecule has 1 aliphatic rings. The van der Waals surface area contributed by atoms with Crippen LogP contribution in [0.4, 0.5) is 4.39 Å². The van der Waals surface area contributed by atoms with E-state index >= 15 is 0 Å². The third kappa shape index (κ3) is 3.30. The SMILES string of the molecule is CCC1CN(C)CCCN1C(C)c1cc(F)ccc1O. The predicted octanol–water partition coefficient (Wildman–Crippen LogP) is 3.01. The minimum atomic E-state index is -0.287. The first kappa shape index (κ1) is 15.3. The Morgan fingerprint density at radius 3 is 2.85 bits per heavy atom. The average molecular weight is 280 g/mol. The van der Waals surface area contributed by atoms with E-state index in [0.29, 0.717) is 11.6 Å². The van der Waals surface area contributed by atoms with Crippen LogP contribution in [-0.4, -0.2) is 47.6 Å². The van der Waals surface area contributed by atoms with Crippen LogP contribution in [0.15, 0.2) is 18.2 Å². The number of halogens is 1. The Labute approximate surface area is 121 Å². The Hall–Kier alpha value is -1.13. The first-order chi connectivity index (χ1) is 9.52. The Balaban J connectivity index is 2.25. The fourth-order valence-corrected chi connectivity index (χ4v) is 3.17. The second-order valence-corrected chi connectivity index (χ2v) is 5.79. The van der Waals surface area contributed by atoms with Crippen LogP contribution in [-0.2, 0) is 0 Å². The van der Waals surface area contributed by atoms with Gasteiger partial charge in [0.1, 0.15) is 11.6 Å². The minimum Gasteiger partial charge on any atom is -0.508 e. The van der Waals surface area contributed by atoms with Crippen LogP contribution >= 0.6 is 0 Å². The molecule has 0 spiro atoms. The van der Waals surface area contributed by atoms with Crippen molar-refractivity contribution in [1.82, 2.24) is 9.80 Å². The van der Waals surface area contributed by atoms with Gasteiger partial charge in [0.2, 0.25) is 0 Å². The van der Waals surface area contributed by atoms with Crippen molar-refractivity contribution in [3.05, 3.63) is 29.6 Å². The van der Waals surface area contributed by atoms with Crippen molar-refractivity contribution < 1.29 is 9.50 Å². The van der Waals surface area contributed by atoms with Crippen LogP contribution in [0.1, 0.15) is 38.3 Å². The normalized spacial score (nSPS) is 23.5. The molecule has 1 aromatic carbocycles. The maximum atomic E-state index is 13.5. The Morgan fingerprint density at radius 1 is 1.40 bits per heavy atom. The standard InChI is InChI=1S/C16H25FN2O/c1-4-14-11-18(3)8-5-9-19(14)12(2)15-10-13(17)6-7-16(15)20/h6-7,10,12,14,20H,4-5,8-9,11H2,1-3H3. The van der Waals surface area contributed by atoms with E-state index in [4.69, 9.17) is 0 Å². The van der Waals surface area contributed by atoms with Crippen molar-refractivity contribution >= 4 is 0 Å². The lowest BCUT2D eigenvalue weighted by Crippen LogP contribution is -2.41. The number of hydrogen-bond acceptors (Lipinski definition) is 3. The van der Waals surface area contributed by atoms with Crippen molar-refractivity contribution in [2.75, 3.05) is 26.7 Å². The summed E-state index contributed by atoms with van der Waals surface area (Å²) in [5.41, 5.74) is 0.688. The zero-order valence-electron chi connectivity index (χ0n) is 12.6. The van der Waals surface area contributed by atoms with Gasteiger partial charge in [-0.15, -0.1) is 0 Å². The summed E-state index contributed by atoms with van der Waals surface area (Å²) in [4.78, 5) is 4.75. The van der Waals surface area contributed by atoms with Crippen LogP contribution < -0.4 is 0 Å². The molecule has 0 aromatic heterocycles. The first-order valence-electron chi connectivity index (χ1n) is 7.45. The lowest BCUT2D eigenvalue weighted by molar-refractivity contribution is 0.135. The summed E-state index contributed by atoms with van der Waals surface area (Å²) in [5, 5.41) is 10.0. The molecule has 1 fully saturated rings. The summed E-state index contributed by atoms with van der Waals surface area (Å²) in [6.45, 7) is 7.35. The third-order valence-corrected chi connectivity index (χ3v) is 4.36. The number of likely N-dealkylation sites (N-methyl/N-ethyl adjacent to an activating group) is 1. The van der Waals surface area contributed by atoms with E-state index in [1.54, 1.807) is 0 Å². The summed E-state index contributed by atoms with van der Waals surface area (Å²) < 4.78 is 13.5. The smallest absolute Gasteiger partial charge is 0.123 e. The van der Waals surface area contributed by atoms with Gasteiger partial charge in [0.05, 0.1) is 0 Å². The number of benzene rings is 1. The molecular formula is C16H25FN2O. The van der Waals surface area contributed by atoms with Crippen molar-refractivity contribution in [2.45, 2.75) is 38.8 Å². The lowest BCUT2D eigenvalue weighted by atomic mass is 10.0. The zero-order valence-corrected chi connectivity index (χ0v) is 12.6. The fourth-order valence-electron chi connectivity index (χ4n) is 3.17. The summed E-state index contributed by atoms with van der Waals surface area (Å²) in [7, 11) is 2.15. The molecule has 2 unspecified atom stereocenters. The average Bonchev–Trinajstić information content (AvgIpc) is 2.62. The topological polar surface area (TPSA) is 26.7 Å². The van der Waals surface area contributed by atoms with Crippen molar-refractivity contribution in [3.8, 4) is 5.75 Å². The third-order valence-electron chi connectivity index (χ3n) is 4.36. The molecule has 3 nitrogen and oxygen atoms in total. The van der Waals surface area contributed by atoms with Crippen LogP contribution in [0.3, 0.4) is 0 Å². The molecule has 0 aliphatic carbocycles. The maximum absolute atomic E-state index is 13.5. The highest BCUT2D eigenvalue weighted by molar-refractivity contribution is 5.35. The van der Waals surface area contributed by atoms with Gasteiger partial charge in [0, 0.05) is 30.7 Å². The molecule has 2 atom stereocenters. The molecule has 1 aliphatic heterocycles. The van der Waals surface area contributed by atoms with E-state index in [1.165, 1.54) is 18.2 Å². The van der Waals surface area contributed by atoms with Crippen LogP contribution in [0.5, 0.6) is 5.75 Å². The van der Waals surface area contributed by atoms with Crippen molar-refractivity contribution in [1.29, 1.82) is 0 Å². The Bertz CT molecular complexity index is 452. The van der Waals surface area contributed by atoms with Gasteiger partial charge in [0.15, 0.2) is 0 Å². The van der Waals surface area contributed by atoms with Gasteiger partial charge in [-0.25, -0.2) is 4.39 Å². The fraction of sp³-hybridized carbons (Fsp3) is 0.625. The summed E-state index contributed by atoms with van der Waals surface area (Å²) in [6.07, 6.45) is 2.16. The highest BCUT2D eigenvalue weighted by Gasteiger charge is 2.28. The Morgan fingerprint density at radius 2 is 2.15 bits per heavy atom. The van der Waals surface area contributed by atoms with Gasteiger partial charge in [-0.2, -0.15) is 0 Å². The second kappa shape index (κ2) is 6.55. The second-order valence-electron chi connectivity index (χ2n) is 5.79. The number of aromatic hydroxyl groups is 1. The van der Waals surface area contributed by atoms with Gasteiger partial charge >= 0.3 is 0 Å². The van der Waals surface area contributed by atoms with E-state index < -0.39 is 0 Å². The molecule has 2 rings (SSSR count). The van der Waals surface area contributed by atoms with Gasteiger partial charge < -0.3 is 10.0 Å². The molecule has 4 heteroatoms. The molecular weight excluding hydrogens is 255 g/mol. The zero-order chi connectivity index (χ0) is 14.7. The van der Waals surface area contributed by atoms with Crippen molar-refractivity contribution in [2.24, 2.45) is 0 Å². The highest BCUT2D eigenvalue weighted by Crippen LogP contribution is 2.32. The highest BCUT2D eigenvalue weighted by atomic mass is 19.1. The quantitative estimate of drug-likeness (QED) is 0.922. The van der Waals surface area contributed by atoms with Gasteiger partial charge in [-0.3, -0.25) is 4.90 Å². The molecule has 0 bridgehead atoms. The van der Waals surface area contributed by atoms with E-state index in [0.717, 1.165) is 32.5 Å². The van der Waals surface area contributed by atoms with Crippen LogP contribution in [0.2, 0.25) is 0 Å². The number of phenolic OH excluding ortho intramolecular Hbond substituents is 1. The maximum Gasteiger partial charge on any atom is 0.123 e. The van der Waals surface area contributed by atoms with Crippen molar-refractivity contribution in [3.63, 3.8) is 0 Å². The van der Waals surface area contributed by atoms with E-state index in [1.807, 2.05) is 0 Å². The van der Waals surface area contributed by atoms with E-state index in [-0.39, 0.29) is 17.6 Å². The first-order valence-corrected chi connectivity index (χ1v) is 7.45. The lowest BCUT2D eigenvalue weighted by Gasteiger charge is -2.35. The molecule has 1 heterocycles. The number of phenols is 1. The van der Waals surface area contributed by atoms with Crippen LogP contribution in [0, 0.1) is 5.82 Å². The molecule has 1 aromatic rings. The predicted molar refractivity (Wildman–Crippen MR) is 79.4 cm³/mol. The molecule has 20 heavy (non-hydrogen) atoms. The number of rotatable bonds is 3. The van der Waals surface area contributed by atoms with Gasteiger partial charge in [0.25, 0.3) is 0 Å². The Kier molecular flexibility index (Phi) is 5.00. The summed E-state index contributed by atoms with van der Waals surface area (Å²) in [6, 6.07) is 4.69. The molecule has 112 valence electrons. The van der Waals surface area contributed by atoms with E-state index in [9.17, 15) is 9.50 Å². The summed E-state index contributed by atoms with van der Waals surface area (Å²) >= 11 is 0. The minimum absolute atomic E-state index is 0.0298.